The molecule has 0 aromatic heterocycles. The highest BCUT2D eigenvalue weighted by atomic mass is 16.5. The molecule has 0 spiro atoms. The lowest BCUT2D eigenvalue weighted by molar-refractivity contribution is -0.161. The van der Waals surface area contributed by atoms with Gasteiger partial charge >= 0.3 is 0 Å². The van der Waals surface area contributed by atoms with Crippen LogP contribution in [0.25, 0.3) is 0 Å². The Hall–Kier alpha value is -0.160. The molecular weight excluding hydrogens is 278 g/mol. The molecule has 0 bridgehead atoms. The number of likely N-dealkylation sites (tertiary alicyclic amines) is 1. The third-order valence-electron chi connectivity index (χ3n) is 6.16. The highest BCUT2D eigenvalue weighted by molar-refractivity contribution is 4.98. The van der Waals surface area contributed by atoms with Gasteiger partial charge in [-0.1, -0.05) is 0 Å². The lowest BCUT2D eigenvalue weighted by Crippen LogP contribution is -2.59. The van der Waals surface area contributed by atoms with Crippen molar-refractivity contribution in [2.75, 3.05) is 46.1 Å². The van der Waals surface area contributed by atoms with E-state index >= 15 is 0 Å². The van der Waals surface area contributed by atoms with Gasteiger partial charge in [0.05, 0.1) is 12.7 Å². The molecule has 1 aliphatic carbocycles. The van der Waals surface area contributed by atoms with Crippen molar-refractivity contribution in [3.05, 3.63) is 0 Å². The second kappa shape index (κ2) is 6.76. The summed E-state index contributed by atoms with van der Waals surface area (Å²) in [4.78, 5) is 2.73. The van der Waals surface area contributed by atoms with E-state index < -0.39 is 0 Å². The van der Waals surface area contributed by atoms with E-state index in [1.165, 1.54) is 58.0 Å². The Morgan fingerprint density at radius 2 is 1.91 bits per heavy atom. The van der Waals surface area contributed by atoms with E-state index in [9.17, 15) is 0 Å². The summed E-state index contributed by atoms with van der Waals surface area (Å²) in [6, 6.07) is 0.719. The van der Waals surface area contributed by atoms with Crippen LogP contribution >= 0.6 is 0 Å². The fraction of sp³-hybridized carbons (Fsp3) is 1.00. The predicted octanol–water partition coefficient (Wildman–Crippen LogP) is 2.46. The zero-order chi connectivity index (χ0) is 14.8. The second-order valence-corrected chi connectivity index (χ2v) is 7.89. The molecule has 4 heteroatoms. The minimum absolute atomic E-state index is 0.254. The van der Waals surface area contributed by atoms with Crippen LogP contribution in [0.4, 0.5) is 0 Å². The Morgan fingerprint density at radius 3 is 2.73 bits per heavy atom. The highest BCUT2D eigenvalue weighted by Crippen LogP contribution is 2.42. The summed E-state index contributed by atoms with van der Waals surface area (Å²) in [7, 11) is 0. The van der Waals surface area contributed by atoms with Gasteiger partial charge in [0.1, 0.15) is 0 Å². The van der Waals surface area contributed by atoms with Crippen molar-refractivity contribution in [2.24, 2.45) is 11.3 Å². The molecule has 4 nitrogen and oxygen atoms in total. The van der Waals surface area contributed by atoms with Crippen molar-refractivity contribution in [1.82, 2.24) is 4.90 Å². The number of fused-ring (bicyclic) bond motifs is 1. The number of rotatable bonds is 5. The van der Waals surface area contributed by atoms with Gasteiger partial charge in [-0.25, -0.2) is 0 Å². The molecule has 2 atom stereocenters. The van der Waals surface area contributed by atoms with Crippen LogP contribution in [-0.2, 0) is 14.2 Å². The average Bonchev–Trinajstić information content (AvgIpc) is 3.39. The molecule has 0 amide bonds. The lowest BCUT2D eigenvalue weighted by atomic mass is 9.72. The third-order valence-corrected chi connectivity index (χ3v) is 6.16. The highest BCUT2D eigenvalue weighted by Gasteiger charge is 2.47. The zero-order valence-corrected chi connectivity index (χ0v) is 13.8. The third kappa shape index (κ3) is 3.35. The van der Waals surface area contributed by atoms with E-state index in [1.807, 2.05) is 0 Å². The maximum atomic E-state index is 6.16. The summed E-state index contributed by atoms with van der Waals surface area (Å²) < 4.78 is 17.9. The normalized spacial score (nSPS) is 37.9. The number of hydrogen-bond acceptors (Lipinski definition) is 4. The Labute approximate surface area is 134 Å². The first-order valence-corrected chi connectivity index (χ1v) is 9.37. The average molecular weight is 309 g/mol. The molecule has 0 N–H and O–H groups in total. The van der Waals surface area contributed by atoms with Gasteiger partial charge in [0.2, 0.25) is 0 Å². The van der Waals surface area contributed by atoms with E-state index in [0.717, 1.165) is 45.0 Å². The van der Waals surface area contributed by atoms with Gasteiger partial charge in [0, 0.05) is 51.0 Å². The van der Waals surface area contributed by atoms with E-state index in [2.05, 4.69) is 4.90 Å². The minimum Gasteiger partial charge on any atom is -0.381 e. The lowest BCUT2D eigenvalue weighted by Gasteiger charge is -2.52. The van der Waals surface area contributed by atoms with Gasteiger partial charge in [0.15, 0.2) is 0 Å². The molecule has 126 valence electrons. The maximum Gasteiger partial charge on any atom is 0.0677 e. The quantitative estimate of drug-likeness (QED) is 0.780. The largest absolute Gasteiger partial charge is 0.381 e. The monoisotopic (exact) mass is 309 g/mol. The van der Waals surface area contributed by atoms with Crippen LogP contribution in [0.2, 0.25) is 0 Å². The predicted molar refractivity (Wildman–Crippen MR) is 85.0 cm³/mol. The van der Waals surface area contributed by atoms with Gasteiger partial charge in [-0.15, -0.1) is 0 Å². The van der Waals surface area contributed by atoms with Crippen molar-refractivity contribution < 1.29 is 14.2 Å². The van der Waals surface area contributed by atoms with Crippen molar-refractivity contribution in [3.63, 3.8) is 0 Å². The Balaban J connectivity index is 1.40. The van der Waals surface area contributed by atoms with Crippen molar-refractivity contribution in [3.8, 4) is 0 Å². The molecule has 3 saturated heterocycles. The number of ether oxygens (including phenoxy) is 3. The van der Waals surface area contributed by atoms with Crippen LogP contribution < -0.4 is 0 Å². The summed E-state index contributed by atoms with van der Waals surface area (Å²) in [5.74, 6) is 0.856. The molecule has 4 rings (SSSR count). The first kappa shape index (κ1) is 15.4. The Morgan fingerprint density at radius 1 is 1.05 bits per heavy atom. The molecule has 3 aliphatic heterocycles. The number of nitrogens with zero attached hydrogens (tertiary/aromatic N) is 1. The molecular formula is C18H31NO3. The van der Waals surface area contributed by atoms with Crippen molar-refractivity contribution in [1.29, 1.82) is 0 Å². The SMILES string of the molecule is C1CO[C@H]2CCN(C3CCOCC3)C[C@@]2(COCC2CC2)C1. The standard InChI is InChI=1S/C18H31NO3/c1-7-18(14-21-12-15-2-3-15)13-19(8-4-17(18)22-9-1)16-5-10-20-11-6-16/h15-17H,1-14H2/t17-,18+/m0/s1. The molecule has 0 unspecified atom stereocenters. The van der Waals surface area contributed by atoms with Crippen LogP contribution in [0.15, 0.2) is 0 Å². The summed E-state index contributed by atoms with van der Waals surface area (Å²) in [6.07, 6.45) is 9.24. The summed E-state index contributed by atoms with van der Waals surface area (Å²) in [5, 5.41) is 0. The molecule has 1 saturated carbocycles. The van der Waals surface area contributed by atoms with Gasteiger partial charge in [-0.3, -0.25) is 4.90 Å². The number of hydrogen-bond donors (Lipinski definition) is 0. The van der Waals surface area contributed by atoms with Crippen LogP contribution in [0, 0.1) is 11.3 Å². The molecule has 4 aliphatic rings. The Kier molecular flexibility index (Phi) is 4.72. The fourth-order valence-corrected chi connectivity index (χ4v) is 4.61. The summed E-state index contributed by atoms with van der Waals surface area (Å²) >= 11 is 0. The maximum absolute atomic E-state index is 6.16. The van der Waals surface area contributed by atoms with Crippen molar-refractivity contribution in [2.45, 2.75) is 57.1 Å². The second-order valence-electron chi connectivity index (χ2n) is 7.89. The summed E-state index contributed by atoms with van der Waals surface area (Å²) in [6.45, 7) is 7.08. The Bertz CT molecular complexity index is 367. The van der Waals surface area contributed by atoms with Crippen LogP contribution in [0.5, 0.6) is 0 Å². The van der Waals surface area contributed by atoms with Gasteiger partial charge < -0.3 is 14.2 Å². The van der Waals surface area contributed by atoms with E-state index in [1.54, 1.807) is 0 Å². The van der Waals surface area contributed by atoms with Crippen LogP contribution in [0.3, 0.4) is 0 Å². The van der Waals surface area contributed by atoms with Gasteiger partial charge in [0.25, 0.3) is 0 Å². The van der Waals surface area contributed by atoms with E-state index in [0.29, 0.717) is 6.10 Å². The molecule has 0 radical (unpaired) electrons. The molecule has 22 heavy (non-hydrogen) atoms. The molecule has 0 aromatic rings. The number of piperidine rings is 1. The minimum atomic E-state index is 0.254. The van der Waals surface area contributed by atoms with Crippen LogP contribution in [-0.4, -0.2) is 63.2 Å². The smallest absolute Gasteiger partial charge is 0.0677 e. The van der Waals surface area contributed by atoms with Crippen LogP contribution in [0.1, 0.15) is 44.9 Å². The van der Waals surface area contributed by atoms with E-state index in [-0.39, 0.29) is 5.41 Å². The van der Waals surface area contributed by atoms with Crippen molar-refractivity contribution >= 4 is 0 Å². The zero-order valence-electron chi connectivity index (χ0n) is 13.8. The first-order chi connectivity index (χ1) is 10.9. The first-order valence-electron chi connectivity index (χ1n) is 9.37. The van der Waals surface area contributed by atoms with Gasteiger partial charge in [-0.2, -0.15) is 0 Å². The summed E-state index contributed by atoms with van der Waals surface area (Å²) in [5.41, 5.74) is 0.254. The fourth-order valence-electron chi connectivity index (χ4n) is 4.61. The topological polar surface area (TPSA) is 30.9 Å². The molecule has 3 heterocycles. The van der Waals surface area contributed by atoms with Gasteiger partial charge in [-0.05, 0) is 50.9 Å². The molecule has 0 aromatic carbocycles. The van der Waals surface area contributed by atoms with E-state index in [4.69, 9.17) is 14.2 Å². The molecule has 4 fully saturated rings.